The van der Waals surface area contributed by atoms with Gasteiger partial charge in [0.15, 0.2) is 0 Å². The van der Waals surface area contributed by atoms with E-state index in [4.69, 9.17) is 0 Å². The van der Waals surface area contributed by atoms with Crippen molar-refractivity contribution in [2.45, 2.75) is 39.2 Å². The highest BCUT2D eigenvalue weighted by Gasteiger charge is 2.26. The maximum absolute atomic E-state index is 12.7. The largest absolute Gasteiger partial charge is 0.339 e. The van der Waals surface area contributed by atoms with Crippen LogP contribution in [0.4, 0.5) is 0 Å². The van der Waals surface area contributed by atoms with Crippen molar-refractivity contribution in [1.29, 1.82) is 0 Å². The number of hydrogen-bond donors (Lipinski definition) is 0. The normalized spacial score (nSPS) is 17.0. The van der Waals surface area contributed by atoms with Crippen LogP contribution < -0.4 is 0 Å². The Kier molecular flexibility index (Phi) is 5.82. The van der Waals surface area contributed by atoms with Gasteiger partial charge in [-0.05, 0) is 66.4 Å². The molecule has 0 radical (unpaired) electrons. The van der Waals surface area contributed by atoms with Gasteiger partial charge in [0.25, 0.3) is 5.91 Å². The molecule has 0 N–H and O–H groups in total. The van der Waals surface area contributed by atoms with Gasteiger partial charge < -0.3 is 9.80 Å². The second kappa shape index (κ2) is 7.41. The van der Waals surface area contributed by atoms with Gasteiger partial charge >= 0.3 is 0 Å². The summed E-state index contributed by atoms with van der Waals surface area (Å²) >= 11 is 3.51. The van der Waals surface area contributed by atoms with Crippen molar-refractivity contribution in [1.82, 2.24) is 9.80 Å². The first-order valence-corrected chi connectivity index (χ1v) is 8.58. The maximum atomic E-state index is 12.7. The van der Waals surface area contributed by atoms with Crippen molar-refractivity contribution in [3.8, 4) is 0 Å². The summed E-state index contributed by atoms with van der Waals surface area (Å²) in [6, 6.07) is 6.28. The molecule has 1 fully saturated rings. The third-order valence-corrected chi connectivity index (χ3v) is 4.98. The second-order valence-corrected chi connectivity index (χ2v) is 6.83. The van der Waals surface area contributed by atoms with E-state index in [2.05, 4.69) is 27.8 Å². The lowest BCUT2D eigenvalue weighted by molar-refractivity contribution is 0.0642. The highest BCUT2D eigenvalue weighted by atomic mass is 79.9. The summed E-state index contributed by atoms with van der Waals surface area (Å²) in [5.74, 6) is 0.121. The third-order valence-electron chi connectivity index (χ3n) is 4.32. The minimum atomic E-state index is 0.121. The zero-order valence-corrected chi connectivity index (χ0v) is 14.8. The minimum absolute atomic E-state index is 0.121. The van der Waals surface area contributed by atoms with E-state index in [-0.39, 0.29) is 5.91 Å². The Bertz CT molecular complexity index is 496. The first kappa shape index (κ1) is 16.5. The molecule has 0 saturated carbocycles. The summed E-state index contributed by atoms with van der Waals surface area (Å²) in [4.78, 5) is 17.1. The van der Waals surface area contributed by atoms with E-state index < -0.39 is 0 Å². The smallest absolute Gasteiger partial charge is 0.254 e. The molecule has 4 heteroatoms. The van der Waals surface area contributed by atoms with Gasteiger partial charge in [0.05, 0.1) is 5.56 Å². The number of piperidine rings is 1. The number of halogens is 1. The zero-order chi connectivity index (χ0) is 15.4. The molecule has 0 atom stereocenters. The highest BCUT2D eigenvalue weighted by Crippen LogP contribution is 2.23. The van der Waals surface area contributed by atoms with Gasteiger partial charge in [0.2, 0.25) is 0 Å². The number of carbonyl (C=O) groups excluding carboxylic acids is 1. The fourth-order valence-corrected chi connectivity index (χ4v) is 3.66. The number of nitrogens with zero attached hydrogens (tertiary/aromatic N) is 2. The minimum Gasteiger partial charge on any atom is -0.339 e. The van der Waals surface area contributed by atoms with Gasteiger partial charge in [-0.25, -0.2) is 0 Å². The first-order valence-electron chi connectivity index (χ1n) is 7.78. The molecule has 0 bridgehead atoms. The van der Waals surface area contributed by atoms with Crippen molar-refractivity contribution in [3.63, 3.8) is 0 Å². The Labute approximate surface area is 136 Å². The molecular formula is C17H25BrN2O. The van der Waals surface area contributed by atoms with Crippen LogP contribution in [-0.4, -0.2) is 48.4 Å². The fourth-order valence-electron chi connectivity index (χ4n) is 3.00. The Morgan fingerprint density at radius 2 is 2.05 bits per heavy atom. The van der Waals surface area contributed by atoms with Crippen LogP contribution in [0.5, 0.6) is 0 Å². The molecule has 1 amide bonds. The van der Waals surface area contributed by atoms with Crippen molar-refractivity contribution in [2.24, 2.45) is 0 Å². The van der Waals surface area contributed by atoms with E-state index in [1.54, 1.807) is 0 Å². The summed E-state index contributed by atoms with van der Waals surface area (Å²) in [7, 11) is 1.94. The lowest BCUT2D eigenvalue weighted by Gasteiger charge is -2.36. The van der Waals surface area contributed by atoms with Gasteiger partial charge in [-0.15, -0.1) is 0 Å². The van der Waals surface area contributed by atoms with Crippen molar-refractivity contribution >= 4 is 21.8 Å². The van der Waals surface area contributed by atoms with E-state index in [9.17, 15) is 4.79 Å². The third kappa shape index (κ3) is 4.07. The van der Waals surface area contributed by atoms with Crippen LogP contribution >= 0.6 is 15.9 Å². The molecule has 2 rings (SSSR count). The molecule has 1 heterocycles. The maximum Gasteiger partial charge on any atom is 0.254 e. The number of amides is 1. The summed E-state index contributed by atoms with van der Waals surface area (Å²) < 4.78 is 0.891. The topological polar surface area (TPSA) is 23.6 Å². The standard InChI is InChI=1S/C17H25BrN2O/c1-4-9-20-10-7-14(8-11-20)19(3)17(21)15-6-5-13(2)12-16(15)18/h5-6,12,14H,4,7-11H2,1-3H3. The molecule has 1 aliphatic rings. The monoisotopic (exact) mass is 352 g/mol. The quantitative estimate of drug-likeness (QED) is 0.824. The molecule has 1 aromatic carbocycles. The fraction of sp³-hybridized carbons (Fsp3) is 0.588. The molecule has 116 valence electrons. The second-order valence-electron chi connectivity index (χ2n) is 5.97. The summed E-state index contributed by atoms with van der Waals surface area (Å²) in [6.45, 7) is 7.63. The number of likely N-dealkylation sites (tertiary alicyclic amines) is 1. The Balaban J connectivity index is 2.00. The van der Waals surface area contributed by atoms with E-state index in [1.165, 1.54) is 13.0 Å². The molecule has 0 unspecified atom stereocenters. The Morgan fingerprint density at radius 3 is 2.62 bits per heavy atom. The number of carbonyl (C=O) groups is 1. The van der Waals surface area contributed by atoms with Crippen molar-refractivity contribution in [2.75, 3.05) is 26.7 Å². The predicted octanol–water partition coefficient (Wildman–Crippen LogP) is 3.70. The molecule has 1 aliphatic heterocycles. The molecular weight excluding hydrogens is 328 g/mol. The summed E-state index contributed by atoms with van der Waals surface area (Å²) in [5.41, 5.74) is 1.92. The van der Waals surface area contributed by atoms with Gasteiger partial charge in [-0.3, -0.25) is 4.79 Å². The van der Waals surface area contributed by atoms with Gasteiger partial charge in [-0.2, -0.15) is 0 Å². The molecule has 0 spiro atoms. The molecule has 3 nitrogen and oxygen atoms in total. The van der Waals surface area contributed by atoms with Crippen LogP contribution in [0.25, 0.3) is 0 Å². The van der Waals surface area contributed by atoms with Gasteiger partial charge in [0.1, 0.15) is 0 Å². The van der Waals surface area contributed by atoms with E-state index in [1.807, 2.05) is 37.1 Å². The van der Waals surface area contributed by atoms with Crippen LogP contribution in [0.1, 0.15) is 42.1 Å². The number of benzene rings is 1. The van der Waals surface area contributed by atoms with Crippen molar-refractivity contribution < 1.29 is 4.79 Å². The van der Waals surface area contributed by atoms with Crippen molar-refractivity contribution in [3.05, 3.63) is 33.8 Å². The van der Waals surface area contributed by atoms with Crippen LogP contribution in [0.3, 0.4) is 0 Å². The van der Waals surface area contributed by atoms with E-state index in [0.29, 0.717) is 6.04 Å². The van der Waals surface area contributed by atoms with Crippen LogP contribution in [0.2, 0.25) is 0 Å². The average Bonchev–Trinajstić information content (AvgIpc) is 2.47. The SMILES string of the molecule is CCCN1CCC(N(C)C(=O)c2ccc(C)cc2Br)CC1. The molecule has 0 aromatic heterocycles. The number of aryl methyl sites for hydroxylation is 1. The molecule has 1 aromatic rings. The first-order chi connectivity index (χ1) is 10.0. The van der Waals surface area contributed by atoms with Gasteiger partial charge in [0, 0.05) is 30.7 Å². The predicted molar refractivity (Wildman–Crippen MR) is 90.7 cm³/mol. The lowest BCUT2D eigenvalue weighted by atomic mass is 10.0. The molecule has 21 heavy (non-hydrogen) atoms. The number of hydrogen-bond acceptors (Lipinski definition) is 2. The van der Waals surface area contributed by atoms with Crippen LogP contribution in [0.15, 0.2) is 22.7 Å². The highest BCUT2D eigenvalue weighted by molar-refractivity contribution is 9.10. The average molecular weight is 353 g/mol. The Morgan fingerprint density at radius 1 is 1.38 bits per heavy atom. The zero-order valence-electron chi connectivity index (χ0n) is 13.2. The summed E-state index contributed by atoms with van der Waals surface area (Å²) in [5, 5.41) is 0. The lowest BCUT2D eigenvalue weighted by Crippen LogP contribution is -2.45. The summed E-state index contributed by atoms with van der Waals surface area (Å²) in [6.07, 6.45) is 3.35. The van der Waals surface area contributed by atoms with Crippen LogP contribution in [-0.2, 0) is 0 Å². The van der Waals surface area contributed by atoms with Gasteiger partial charge in [-0.1, -0.05) is 13.0 Å². The molecule has 0 aliphatic carbocycles. The Hall–Kier alpha value is -0.870. The van der Waals surface area contributed by atoms with E-state index >= 15 is 0 Å². The molecule has 1 saturated heterocycles. The number of rotatable bonds is 4. The van der Waals surface area contributed by atoms with E-state index in [0.717, 1.165) is 41.5 Å². The van der Waals surface area contributed by atoms with Crippen LogP contribution in [0, 0.1) is 6.92 Å².